The van der Waals surface area contributed by atoms with Gasteiger partial charge in [0, 0.05) is 16.0 Å². The van der Waals surface area contributed by atoms with Gasteiger partial charge in [0.15, 0.2) is 0 Å². The average molecular weight is 726 g/mol. The summed E-state index contributed by atoms with van der Waals surface area (Å²) in [5.74, 6) is -3.19. The van der Waals surface area contributed by atoms with Gasteiger partial charge in [-0.3, -0.25) is 0 Å². The van der Waals surface area contributed by atoms with Gasteiger partial charge in [-0.25, -0.2) is 8.78 Å². The molecule has 0 amide bonds. The summed E-state index contributed by atoms with van der Waals surface area (Å²) in [6, 6.07) is 0. The molecule has 0 aromatic rings. The molecule has 0 saturated heterocycles. The van der Waals surface area contributed by atoms with Crippen LogP contribution in [0.25, 0.3) is 0 Å². The second-order valence-corrected chi connectivity index (χ2v) is 16.7. The van der Waals surface area contributed by atoms with Crippen molar-refractivity contribution in [3.05, 3.63) is 0 Å². The molecule has 0 rings (SSSR count). The summed E-state index contributed by atoms with van der Waals surface area (Å²) in [5, 5.41) is 0. The van der Waals surface area contributed by atoms with Gasteiger partial charge >= 0.3 is 0 Å². The van der Waals surface area contributed by atoms with E-state index in [0.717, 1.165) is 12.8 Å². The molecule has 2 heteroatoms. The van der Waals surface area contributed by atoms with Gasteiger partial charge in [0.05, 0.1) is 0 Å². The van der Waals surface area contributed by atoms with Crippen molar-refractivity contribution in [1.82, 2.24) is 0 Å². The van der Waals surface area contributed by atoms with Crippen LogP contribution in [0.4, 0.5) is 8.78 Å². The molecule has 0 aliphatic rings. The molecule has 0 nitrogen and oxygen atoms in total. The third kappa shape index (κ3) is 1040. The Kier molecular flexibility index (Phi) is 78.5. The SMILES string of the molecule is CC.CC.CC(C)(C)C.CC(C)C.CCC.CCC(C)(C)C.CCC(C)(C)C.CCC(C)(F)F.CCCC.[2H]C(C)(C)C.[2H]C([2H])(C)C.[2H]C([2H])([2H])C([2H])(C)C. The molecule has 0 N–H and O–H groups in total. The third-order valence-electron chi connectivity index (χ3n) is 3.24. The Morgan fingerprint density at radius 2 is 0.571 bits per heavy atom. The minimum absolute atomic E-state index is 0.0625. The highest BCUT2D eigenvalue weighted by Gasteiger charge is 2.15. The summed E-state index contributed by atoms with van der Waals surface area (Å²) in [7, 11) is 0. The van der Waals surface area contributed by atoms with Crippen molar-refractivity contribution in [2.45, 2.75) is 279 Å². The van der Waals surface area contributed by atoms with Gasteiger partial charge < -0.3 is 0 Å². The summed E-state index contributed by atoms with van der Waals surface area (Å²) < 4.78 is 70.3. The Morgan fingerprint density at radius 1 is 0.490 bits per heavy atom. The third-order valence-corrected chi connectivity index (χ3v) is 3.24. The van der Waals surface area contributed by atoms with Crippen LogP contribution in [0, 0.1) is 34.0 Å². The van der Waals surface area contributed by atoms with E-state index in [9.17, 15) is 8.78 Å². The first-order chi connectivity index (χ1) is 24.0. The minimum Gasteiger partial charge on any atom is -0.207 e. The summed E-state index contributed by atoms with van der Waals surface area (Å²) in [6.45, 7) is 61.3. The predicted molar refractivity (Wildman–Crippen MR) is 242 cm³/mol. The molecule has 0 aliphatic heterocycles. The van der Waals surface area contributed by atoms with Gasteiger partial charge in [-0.05, 0) is 40.9 Å². The molecule has 0 radical (unpaired) electrons. The number of halogens is 2. The molecular formula is C47H116F2. The molecule has 0 saturated carbocycles. The van der Waals surface area contributed by atoms with Crippen molar-refractivity contribution in [3.63, 3.8) is 0 Å². The topological polar surface area (TPSA) is 0 Å². The van der Waals surface area contributed by atoms with Crippen molar-refractivity contribution in [2.24, 2.45) is 34.0 Å². The standard InChI is InChI=1S/2C6H14.C5H12.C4H8F2.4C4H10.2C3H8.2C2H6/c2*1-5-6(2,3)4;1-5(2,3)4;1-3-4(2,5)6;3*1-4(2)3;1-3-4-2;2*1-3-2;2*1-2/h2*5H2,1-4H3;1-4H3;3H2,1-2H3;3*4H,1-3H3;3-4H2,1-2H3;2*3H2,1-2H3;2*1-2H3/i;;;;1D3,4D;4D;;;3D2;;;. The zero-order valence-corrected chi connectivity index (χ0v) is 41.6. The van der Waals surface area contributed by atoms with Crippen molar-refractivity contribution in [2.75, 3.05) is 0 Å². The Labute approximate surface area is 331 Å². The maximum Gasteiger partial charge on any atom is 0.245 e. The van der Waals surface area contributed by atoms with Crippen molar-refractivity contribution < 1.29 is 18.4 Å². The molecule has 0 spiro atoms. The van der Waals surface area contributed by atoms with Crippen LogP contribution in [0.3, 0.4) is 0 Å². The van der Waals surface area contributed by atoms with E-state index in [-0.39, 0.29) is 12.3 Å². The fraction of sp³-hybridized carbons (Fsp3) is 1.00. The van der Waals surface area contributed by atoms with E-state index in [4.69, 9.17) is 9.60 Å². The molecule has 318 valence electrons. The fourth-order valence-electron chi connectivity index (χ4n) is 0. The van der Waals surface area contributed by atoms with Crippen LogP contribution < -0.4 is 0 Å². The van der Waals surface area contributed by atoms with E-state index in [2.05, 4.69) is 132 Å². The Morgan fingerprint density at radius 3 is 0.571 bits per heavy atom. The van der Waals surface area contributed by atoms with E-state index in [0.29, 0.717) is 16.2 Å². The molecule has 0 aliphatic carbocycles. The van der Waals surface area contributed by atoms with Gasteiger partial charge in [-0.1, -0.05) is 260 Å². The zero-order valence-electron chi connectivity index (χ0n) is 48.6. The van der Waals surface area contributed by atoms with E-state index in [1.807, 2.05) is 48.5 Å². The molecule has 0 bridgehead atoms. The fourth-order valence-corrected chi connectivity index (χ4v) is 0. The first-order valence-corrected chi connectivity index (χ1v) is 19.9. The van der Waals surface area contributed by atoms with Crippen LogP contribution >= 0.6 is 0 Å². The van der Waals surface area contributed by atoms with Crippen molar-refractivity contribution in [3.8, 4) is 0 Å². The lowest BCUT2D eigenvalue weighted by Crippen LogP contribution is -2.05. The number of rotatable bonds is 2. The summed E-state index contributed by atoms with van der Waals surface area (Å²) >= 11 is 0. The van der Waals surface area contributed by atoms with E-state index in [1.165, 1.54) is 66.7 Å². The average Bonchev–Trinajstić information content (AvgIpc) is 2.92. The lowest BCUT2D eigenvalue weighted by molar-refractivity contribution is 0.0181. The van der Waals surface area contributed by atoms with Crippen molar-refractivity contribution >= 4 is 0 Å². The van der Waals surface area contributed by atoms with Gasteiger partial charge in [0.2, 0.25) is 5.92 Å². The minimum atomic E-state index is -2.46. The maximum absolute atomic E-state index is 11.5. The van der Waals surface area contributed by atoms with Crippen LogP contribution in [0.15, 0.2) is 0 Å². The molecule has 0 fully saturated rings. The highest BCUT2D eigenvalue weighted by molar-refractivity contribution is 4.56. The van der Waals surface area contributed by atoms with E-state index < -0.39 is 25.0 Å². The number of hydrogen-bond donors (Lipinski definition) is 0. The molecule has 0 heterocycles. The Hall–Kier alpha value is -0.140. The lowest BCUT2D eigenvalue weighted by atomic mass is 9.94. The van der Waals surface area contributed by atoms with Gasteiger partial charge in [-0.2, -0.15) is 0 Å². The Bertz CT molecular complexity index is 533. The number of hydrogen-bond acceptors (Lipinski definition) is 0. The predicted octanol–water partition coefficient (Wildman–Crippen LogP) is 20.7. The lowest BCUT2D eigenvalue weighted by Gasteiger charge is -2.12. The normalized spacial score (nSPS) is 12.5. The quantitative estimate of drug-likeness (QED) is 0.266. The van der Waals surface area contributed by atoms with Gasteiger partial charge in [-0.15, -0.1) is 0 Å². The second-order valence-electron chi connectivity index (χ2n) is 16.7. The highest BCUT2D eigenvalue weighted by Crippen LogP contribution is 2.17. The first kappa shape index (κ1) is 58.2. The first-order valence-electron chi connectivity index (χ1n) is 23.4. The number of alkyl halides is 2. The summed E-state index contributed by atoms with van der Waals surface area (Å²) in [5.41, 5.74) is 1.58. The van der Waals surface area contributed by atoms with Crippen LogP contribution in [0.2, 0.25) is 0 Å². The Balaban J connectivity index is -0.0000000383. The zero-order chi connectivity index (χ0) is 49.8. The highest BCUT2D eigenvalue weighted by atomic mass is 19.3. The molecule has 0 atom stereocenters. The molecule has 49 heavy (non-hydrogen) atoms. The van der Waals surface area contributed by atoms with Crippen LogP contribution in [-0.2, 0) is 0 Å². The van der Waals surface area contributed by atoms with Gasteiger partial charge in [0.25, 0.3) is 0 Å². The molecule has 0 aromatic carbocycles. The van der Waals surface area contributed by atoms with Crippen LogP contribution in [0.5, 0.6) is 0 Å². The second kappa shape index (κ2) is 66.1. The van der Waals surface area contributed by atoms with Gasteiger partial charge in [0.1, 0.15) is 0 Å². The molecule has 0 unspecified atom stereocenters. The molecular weight excluding hydrogens is 603 g/mol. The smallest absolute Gasteiger partial charge is 0.207 e. The molecule has 0 aromatic heterocycles. The van der Waals surface area contributed by atoms with Crippen molar-refractivity contribution in [1.29, 1.82) is 0 Å². The maximum atomic E-state index is 11.5. The summed E-state index contributed by atoms with van der Waals surface area (Å²) in [4.78, 5) is 0. The van der Waals surface area contributed by atoms with Crippen LogP contribution in [-0.4, -0.2) is 5.92 Å². The van der Waals surface area contributed by atoms with E-state index in [1.54, 1.807) is 0 Å². The van der Waals surface area contributed by atoms with E-state index >= 15 is 0 Å². The monoisotopic (exact) mass is 726 g/mol. The summed E-state index contributed by atoms with van der Waals surface area (Å²) in [6.07, 6.45) is 5.37. The van der Waals surface area contributed by atoms with Crippen LogP contribution in [0.1, 0.15) is 283 Å². The largest absolute Gasteiger partial charge is 0.245 e. The number of unbranched alkanes of at least 4 members (excludes halogenated alkanes) is 1.